The van der Waals surface area contributed by atoms with Crippen LogP contribution in [0.5, 0.6) is 0 Å². The summed E-state index contributed by atoms with van der Waals surface area (Å²) in [4.78, 5) is 24.5. The molecule has 1 amide bonds. The second-order valence-corrected chi connectivity index (χ2v) is 11.0. The highest BCUT2D eigenvalue weighted by Gasteiger charge is 2.49. The van der Waals surface area contributed by atoms with Crippen LogP contribution in [-0.4, -0.2) is 84.8 Å². The molecule has 3 saturated heterocycles. The molecule has 3 fully saturated rings. The SMILES string of the molecule is O=C(N1CC(N2CCC3(CC2)CCN(S(=O)(=O)c2ccc([N+](=O)[O-])cc2)CC3)C1)C(F)(F)F. The number of nitro benzene ring substituents is 1. The van der Waals surface area contributed by atoms with Crippen molar-refractivity contribution in [2.24, 2.45) is 5.41 Å². The van der Waals surface area contributed by atoms with E-state index in [2.05, 4.69) is 4.90 Å². The molecule has 0 unspecified atom stereocenters. The Morgan fingerprint density at radius 1 is 1.00 bits per heavy atom. The number of rotatable bonds is 4. The van der Waals surface area contributed by atoms with Gasteiger partial charge in [0.1, 0.15) is 0 Å². The molecule has 0 atom stereocenters. The van der Waals surface area contributed by atoms with E-state index < -0.39 is 27.0 Å². The van der Waals surface area contributed by atoms with Crippen LogP contribution in [-0.2, 0) is 14.8 Å². The smallest absolute Gasteiger partial charge is 0.332 e. The number of amides is 1. The van der Waals surface area contributed by atoms with E-state index >= 15 is 0 Å². The van der Waals surface area contributed by atoms with Crippen molar-refractivity contribution in [1.82, 2.24) is 14.1 Å². The number of nitro groups is 1. The maximum absolute atomic E-state index is 12.9. The number of piperidine rings is 2. The van der Waals surface area contributed by atoms with Crippen molar-refractivity contribution in [1.29, 1.82) is 0 Å². The molecule has 1 aromatic carbocycles. The van der Waals surface area contributed by atoms with Gasteiger partial charge in [0, 0.05) is 44.4 Å². The third-order valence-electron chi connectivity index (χ3n) is 7.24. The summed E-state index contributed by atoms with van der Waals surface area (Å²) in [6.45, 7) is 2.33. The minimum absolute atomic E-state index is 0.00319. The van der Waals surface area contributed by atoms with Gasteiger partial charge in [-0.2, -0.15) is 17.5 Å². The van der Waals surface area contributed by atoms with E-state index in [0.717, 1.165) is 17.7 Å². The van der Waals surface area contributed by atoms with Crippen molar-refractivity contribution >= 4 is 21.6 Å². The highest BCUT2D eigenvalue weighted by molar-refractivity contribution is 7.89. The molecular weight excluding hydrogens is 465 g/mol. The van der Waals surface area contributed by atoms with Crippen molar-refractivity contribution < 1.29 is 31.3 Å². The molecule has 13 heteroatoms. The standard InChI is InChI=1S/C20H25F3N4O5S/c21-20(22,23)18(28)25-13-16(14-25)24-9-5-19(6-10-24)7-11-26(12-8-19)33(31,32)17-3-1-15(2-4-17)27(29)30/h1-4,16H,5-14H2. The molecule has 0 aromatic heterocycles. The lowest BCUT2D eigenvalue weighted by Crippen LogP contribution is -2.64. The number of carbonyl (C=O) groups excluding carboxylic acids is 1. The summed E-state index contributed by atoms with van der Waals surface area (Å²) in [5, 5.41) is 10.8. The van der Waals surface area contributed by atoms with Crippen LogP contribution in [0.15, 0.2) is 29.2 Å². The monoisotopic (exact) mass is 490 g/mol. The van der Waals surface area contributed by atoms with E-state index in [-0.39, 0.29) is 35.1 Å². The molecule has 0 bridgehead atoms. The molecule has 1 spiro atoms. The number of non-ortho nitro benzene ring substituents is 1. The summed E-state index contributed by atoms with van der Waals surface area (Å²) in [5.74, 6) is -1.78. The molecular formula is C20H25F3N4O5S. The predicted octanol–water partition coefficient (Wildman–Crippen LogP) is 2.23. The normalized spacial score (nSPS) is 22.8. The Hall–Kier alpha value is -2.25. The average Bonchev–Trinajstić information content (AvgIpc) is 2.74. The molecule has 0 N–H and O–H groups in total. The zero-order valence-electron chi connectivity index (χ0n) is 17.8. The zero-order valence-corrected chi connectivity index (χ0v) is 18.6. The first-order valence-electron chi connectivity index (χ1n) is 10.8. The van der Waals surface area contributed by atoms with Gasteiger partial charge >= 0.3 is 12.1 Å². The Morgan fingerprint density at radius 2 is 1.52 bits per heavy atom. The van der Waals surface area contributed by atoms with Crippen LogP contribution < -0.4 is 0 Å². The van der Waals surface area contributed by atoms with Crippen molar-refractivity contribution in [3.05, 3.63) is 34.4 Å². The maximum Gasteiger partial charge on any atom is 0.471 e. The van der Waals surface area contributed by atoms with E-state index in [9.17, 15) is 36.5 Å². The van der Waals surface area contributed by atoms with Gasteiger partial charge in [0.25, 0.3) is 5.69 Å². The molecule has 0 aliphatic carbocycles. The highest BCUT2D eigenvalue weighted by Crippen LogP contribution is 2.43. The lowest BCUT2D eigenvalue weighted by atomic mass is 9.71. The first-order chi connectivity index (χ1) is 15.4. The number of nitrogens with zero attached hydrogens (tertiary/aromatic N) is 4. The Balaban J connectivity index is 1.28. The molecule has 4 rings (SSSR count). The second kappa shape index (κ2) is 8.51. The van der Waals surface area contributed by atoms with Crippen LogP contribution >= 0.6 is 0 Å². The molecule has 3 aliphatic heterocycles. The van der Waals surface area contributed by atoms with E-state index in [0.29, 0.717) is 39.0 Å². The summed E-state index contributed by atoms with van der Waals surface area (Å²) < 4.78 is 64.8. The Morgan fingerprint density at radius 3 is 2.00 bits per heavy atom. The van der Waals surface area contributed by atoms with Crippen LogP contribution in [0.3, 0.4) is 0 Å². The molecule has 33 heavy (non-hydrogen) atoms. The summed E-state index contributed by atoms with van der Waals surface area (Å²) >= 11 is 0. The number of hydrogen-bond acceptors (Lipinski definition) is 6. The van der Waals surface area contributed by atoms with Crippen LogP contribution in [0.1, 0.15) is 25.7 Å². The number of alkyl halides is 3. The van der Waals surface area contributed by atoms with E-state index in [1.165, 1.54) is 28.6 Å². The van der Waals surface area contributed by atoms with Crippen LogP contribution in [0.4, 0.5) is 18.9 Å². The summed E-state index contributed by atoms with van der Waals surface area (Å²) in [5.41, 5.74) is -0.167. The third kappa shape index (κ3) is 4.71. The Kier molecular flexibility index (Phi) is 6.16. The number of halogens is 3. The van der Waals surface area contributed by atoms with Gasteiger partial charge in [-0.3, -0.25) is 19.8 Å². The predicted molar refractivity (Wildman–Crippen MR) is 111 cm³/mol. The highest BCUT2D eigenvalue weighted by atomic mass is 32.2. The van der Waals surface area contributed by atoms with Gasteiger partial charge in [0.05, 0.1) is 9.82 Å². The third-order valence-corrected chi connectivity index (χ3v) is 9.15. The molecule has 1 aromatic rings. The Labute approximate surface area is 189 Å². The van der Waals surface area contributed by atoms with Crippen molar-refractivity contribution in [2.75, 3.05) is 39.3 Å². The van der Waals surface area contributed by atoms with Gasteiger partial charge in [0.2, 0.25) is 10.0 Å². The molecule has 0 radical (unpaired) electrons. The fraction of sp³-hybridized carbons (Fsp3) is 0.650. The number of likely N-dealkylation sites (tertiary alicyclic amines) is 2. The summed E-state index contributed by atoms with van der Waals surface area (Å²) in [7, 11) is -3.73. The summed E-state index contributed by atoms with van der Waals surface area (Å²) in [6.07, 6.45) is -1.78. The fourth-order valence-electron chi connectivity index (χ4n) is 4.98. The Bertz CT molecular complexity index is 1010. The van der Waals surface area contributed by atoms with E-state index in [1.807, 2.05) is 0 Å². The number of sulfonamides is 1. The largest absolute Gasteiger partial charge is 0.471 e. The molecule has 3 aliphatic rings. The lowest BCUT2D eigenvalue weighted by molar-refractivity contribution is -0.384. The van der Waals surface area contributed by atoms with Crippen LogP contribution in [0.2, 0.25) is 0 Å². The van der Waals surface area contributed by atoms with E-state index in [1.54, 1.807) is 0 Å². The van der Waals surface area contributed by atoms with Gasteiger partial charge in [-0.25, -0.2) is 8.42 Å². The lowest BCUT2D eigenvalue weighted by Gasteiger charge is -2.51. The molecule has 0 saturated carbocycles. The maximum atomic E-state index is 12.9. The summed E-state index contributed by atoms with van der Waals surface area (Å²) in [6, 6.07) is 4.80. The minimum Gasteiger partial charge on any atom is -0.332 e. The molecule has 182 valence electrons. The van der Waals surface area contributed by atoms with Crippen molar-refractivity contribution in [3.8, 4) is 0 Å². The van der Waals surface area contributed by atoms with Gasteiger partial charge in [0.15, 0.2) is 0 Å². The fourth-order valence-corrected chi connectivity index (χ4v) is 6.43. The van der Waals surface area contributed by atoms with Crippen molar-refractivity contribution in [2.45, 2.75) is 42.8 Å². The van der Waals surface area contributed by atoms with Crippen LogP contribution in [0.25, 0.3) is 0 Å². The minimum atomic E-state index is -4.83. The van der Waals surface area contributed by atoms with Gasteiger partial charge < -0.3 is 4.90 Å². The van der Waals surface area contributed by atoms with Gasteiger partial charge in [-0.15, -0.1) is 0 Å². The van der Waals surface area contributed by atoms with Crippen molar-refractivity contribution in [3.63, 3.8) is 0 Å². The topological polar surface area (TPSA) is 104 Å². The van der Waals surface area contributed by atoms with Gasteiger partial charge in [-0.1, -0.05) is 0 Å². The second-order valence-electron chi connectivity index (χ2n) is 9.05. The molecule has 3 heterocycles. The number of benzene rings is 1. The van der Waals surface area contributed by atoms with Crippen LogP contribution in [0, 0.1) is 15.5 Å². The first kappa shape index (κ1) is 23.9. The zero-order chi connectivity index (χ0) is 24.0. The quantitative estimate of drug-likeness (QED) is 0.474. The average molecular weight is 491 g/mol. The van der Waals surface area contributed by atoms with E-state index in [4.69, 9.17) is 0 Å². The molecule has 9 nitrogen and oxygen atoms in total. The number of hydrogen-bond donors (Lipinski definition) is 0. The number of carbonyl (C=O) groups is 1. The first-order valence-corrected chi connectivity index (χ1v) is 12.2. The van der Waals surface area contributed by atoms with Gasteiger partial charge in [-0.05, 0) is 56.3 Å².